The first-order valence-electron chi connectivity index (χ1n) is 9.44. The molecule has 0 radical (unpaired) electrons. The molecule has 1 aromatic rings. The molecule has 3 aliphatic heterocycles. The van der Waals surface area contributed by atoms with Crippen LogP contribution in [0.1, 0.15) is 38.5 Å². The number of halogens is 1. The molecule has 3 saturated heterocycles. The van der Waals surface area contributed by atoms with Gasteiger partial charge in [0.1, 0.15) is 0 Å². The van der Waals surface area contributed by atoms with Gasteiger partial charge in [0.25, 0.3) is 0 Å². The summed E-state index contributed by atoms with van der Waals surface area (Å²) in [5.74, 6) is 0. The van der Waals surface area contributed by atoms with E-state index in [-0.39, 0.29) is 0 Å². The quantitative estimate of drug-likeness (QED) is 0.683. The van der Waals surface area contributed by atoms with Gasteiger partial charge in [0.05, 0.1) is 10.7 Å². The summed E-state index contributed by atoms with van der Waals surface area (Å²) in [7, 11) is -1.85. The summed E-state index contributed by atoms with van der Waals surface area (Å²) in [5.41, 5.74) is 0.984. The van der Waals surface area contributed by atoms with Gasteiger partial charge in [-0.3, -0.25) is 0 Å². The van der Waals surface area contributed by atoms with E-state index in [4.69, 9.17) is 16.3 Å². The summed E-state index contributed by atoms with van der Waals surface area (Å²) in [4.78, 5) is 0. The van der Waals surface area contributed by atoms with Gasteiger partial charge in [-0.1, -0.05) is 23.7 Å². The van der Waals surface area contributed by atoms with Crippen LogP contribution in [0.25, 0.3) is 0 Å². The fourth-order valence-electron chi connectivity index (χ4n) is 4.31. The third-order valence-electron chi connectivity index (χ3n) is 5.48. The summed E-state index contributed by atoms with van der Waals surface area (Å²) in [5, 5.41) is 0.791. The van der Waals surface area contributed by atoms with Crippen LogP contribution in [-0.4, -0.2) is 53.3 Å². The zero-order valence-electron chi connectivity index (χ0n) is 14.4. The Morgan fingerprint density at radius 1 is 0.708 bits per heavy atom. The van der Waals surface area contributed by atoms with Crippen molar-refractivity contribution in [1.82, 2.24) is 14.0 Å². The van der Waals surface area contributed by atoms with Gasteiger partial charge in [0, 0.05) is 39.3 Å². The number of nitrogens with zero attached hydrogens (tertiary/aromatic N) is 4. The Bertz CT molecular complexity index is 570. The molecule has 0 bridgehead atoms. The first-order chi connectivity index (χ1) is 11.8. The lowest BCUT2D eigenvalue weighted by Crippen LogP contribution is -2.38. The Morgan fingerprint density at radius 2 is 1.12 bits per heavy atom. The van der Waals surface area contributed by atoms with Gasteiger partial charge in [-0.2, -0.15) is 0 Å². The minimum Gasteiger partial charge on any atom is -0.246 e. The highest BCUT2D eigenvalue weighted by Gasteiger charge is 2.43. The lowest BCUT2D eigenvalue weighted by atomic mass is 10.3. The summed E-state index contributed by atoms with van der Waals surface area (Å²) in [6.45, 7) is 7.14. The maximum atomic E-state index is 6.52. The third kappa shape index (κ3) is 3.08. The van der Waals surface area contributed by atoms with E-state index in [0.717, 1.165) is 10.7 Å². The minimum absolute atomic E-state index is 0.791. The second-order valence-corrected chi connectivity index (χ2v) is 10.4. The molecule has 24 heavy (non-hydrogen) atoms. The molecule has 0 aliphatic carbocycles. The Hall–Kier alpha value is -0.380. The molecule has 1 aromatic carbocycles. The zero-order chi connectivity index (χ0) is 16.4. The lowest BCUT2D eigenvalue weighted by Gasteiger charge is -2.45. The SMILES string of the molecule is Clc1ccccc1N=P(N1CCCC1)(N1CCCC1)N1CCCC1. The van der Waals surface area contributed by atoms with E-state index in [0.29, 0.717) is 0 Å². The Kier molecular flexibility index (Phi) is 5.31. The molecule has 0 aromatic heterocycles. The predicted molar refractivity (Wildman–Crippen MR) is 103 cm³/mol. The fraction of sp³-hybridized carbons (Fsp3) is 0.667. The molecule has 6 heteroatoms. The van der Waals surface area contributed by atoms with Gasteiger partial charge >= 0.3 is 0 Å². The number of rotatable bonds is 4. The van der Waals surface area contributed by atoms with Gasteiger partial charge in [-0.15, -0.1) is 0 Å². The Morgan fingerprint density at radius 3 is 1.54 bits per heavy atom. The average Bonchev–Trinajstić information content (AvgIpc) is 3.37. The Balaban J connectivity index is 1.86. The molecule has 0 amide bonds. The van der Waals surface area contributed by atoms with E-state index < -0.39 is 7.51 Å². The van der Waals surface area contributed by atoms with Crippen molar-refractivity contribution >= 4 is 24.8 Å². The van der Waals surface area contributed by atoms with E-state index in [1.807, 2.05) is 12.1 Å². The van der Waals surface area contributed by atoms with Crippen molar-refractivity contribution in [2.24, 2.45) is 4.74 Å². The molecule has 4 nitrogen and oxygen atoms in total. The smallest absolute Gasteiger partial charge is 0.173 e. The molecular weight excluding hydrogens is 339 g/mol. The van der Waals surface area contributed by atoms with Crippen LogP contribution in [0, 0.1) is 0 Å². The van der Waals surface area contributed by atoms with Gasteiger partial charge in [-0.05, 0) is 50.7 Å². The highest BCUT2D eigenvalue weighted by Crippen LogP contribution is 2.64. The van der Waals surface area contributed by atoms with Crippen LogP contribution in [-0.2, 0) is 0 Å². The lowest BCUT2D eigenvalue weighted by molar-refractivity contribution is 0.384. The molecule has 0 saturated carbocycles. The highest BCUT2D eigenvalue weighted by molar-refractivity contribution is 7.59. The van der Waals surface area contributed by atoms with Crippen molar-refractivity contribution in [2.75, 3.05) is 39.3 Å². The van der Waals surface area contributed by atoms with Crippen LogP contribution >= 0.6 is 19.1 Å². The normalized spacial score (nSPS) is 24.0. The van der Waals surface area contributed by atoms with Gasteiger partial charge in [-0.25, -0.2) is 18.8 Å². The molecule has 132 valence electrons. The first kappa shape index (κ1) is 17.1. The monoisotopic (exact) mass is 366 g/mol. The van der Waals surface area contributed by atoms with Crippen molar-refractivity contribution in [1.29, 1.82) is 0 Å². The average molecular weight is 367 g/mol. The Labute approximate surface area is 151 Å². The van der Waals surface area contributed by atoms with E-state index >= 15 is 0 Å². The standard InChI is InChI=1S/C18H28ClN4P/c19-17-9-1-2-10-18(17)20-24(21-11-3-4-12-21,22-13-5-6-14-22)23-15-7-8-16-23/h1-2,9-10H,3-8,11-16H2. The molecule has 0 spiro atoms. The summed E-state index contributed by atoms with van der Waals surface area (Å²) < 4.78 is 13.7. The van der Waals surface area contributed by atoms with E-state index in [1.165, 1.54) is 77.8 Å². The summed E-state index contributed by atoms with van der Waals surface area (Å²) in [6, 6.07) is 8.15. The van der Waals surface area contributed by atoms with Crippen molar-refractivity contribution in [3.63, 3.8) is 0 Å². The van der Waals surface area contributed by atoms with Gasteiger partial charge < -0.3 is 0 Å². The number of hydrogen-bond acceptors (Lipinski definition) is 1. The topological polar surface area (TPSA) is 22.1 Å². The highest BCUT2D eigenvalue weighted by atomic mass is 35.5. The number of benzene rings is 1. The molecule has 3 aliphatic rings. The third-order valence-corrected chi connectivity index (χ3v) is 9.76. The van der Waals surface area contributed by atoms with Gasteiger partial charge in [0.15, 0.2) is 7.51 Å². The molecular formula is C18H28ClN4P. The molecule has 0 N–H and O–H groups in total. The molecule has 0 unspecified atom stereocenters. The van der Waals surface area contributed by atoms with Crippen molar-refractivity contribution < 1.29 is 0 Å². The van der Waals surface area contributed by atoms with Crippen molar-refractivity contribution in [3.05, 3.63) is 29.3 Å². The molecule has 4 rings (SSSR count). The largest absolute Gasteiger partial charge is 0.246 e. The van der Waals surface area contributed by atoms with Crippen molar-refractivity contribution in [3.8, 4) is 0 Å². The molecule has 0 atom stereocenters. The first-order valence-corrected chi connectivity index (χ1v) is 11.4. The van der Waals surface area contributed by atoms with Crippen LogP contribution in [0.15, 0.2) is 29.0 Å². The van der Waals surface area contributed by atoms with E-state index in [1.54, 1.807) is 0 Å². The summed E-state index contributed by atoms with van der Waals surface area (Å²) >= 11 is 6.52. The van der Waals surface area contributed by atoms with Crippen LogP contribution in [0.4, 0.5) is 5.69 Å². The van der Waals surface area contributed by atoms with Crippen LogP contribution in [0.3, 0.4) is 0 Å². The fourth-order valence-corrected chi connectivity index (χ4v) is 8.92. The second kappa shape index (κ2) is 7.47. The maximum absolute atomic E-state index is 6.52. The minimum atomic E-state index is -1.85. The van der Waals surface area contributed by atoms with Gasteiger partial charge in [0.2, 0.25) is 0 Å². The van der Waals surface area contributed by atoms with E-state index in [9.17, 15) is 0 Å². The number of hydrogen-bond donors (Lipinski definition) is 0. The van der Waals surface area contributed by atoms with E-state index in [2.05, 4.69) is 26.1 Å². The molecule has 3 heterocycles. The van der Waals surface area contributed by atoms with Crippen LogP contribution < -0.4 is 0 Å². The maximum Gasteiger partial charge on any atom is 0.173 e. The summed E-state index contributed by atoms with van der Waals surface area (Å²) in [6.07, 6.45) is 7.84. The van der Waals surface area contributed by atoms with Crippen LogP contribution in [0.2, 0.25) is 5.02 Å². The zero-order valence-corrected chi connectivity index (χ0v) is 16.1. The second-order valence-electron chi connectivity index (χ2n) is 7.07. The molecule has 3 fully saturated rings. The van der Waals surface area contributed by atoms with Crippen molar-refractivity contribution in [2.45, 2.75) is 38.5 Å². The predicted octanol–water partition coefficient (Wildman–Crippen LogP) is 5.21. The van der Waals surface area contributed by atoms with Crippen LogP contribution in [0.5, 0.6) is 0 Å².